The SMILES string of the molecule is CCCn1nccc1C(NCC)C(C)C. The predicted octanol–water partition coefficient (Wildman–Crippen LogP) is 2.60. The summed E-state index contributed by atoms with van der Waals surface area (Å²) in [5.41, 5.74) is 1.31. The van der Waals surface area contributed by atoms with Crippen molar-refractivity contribution in [2.75, 3.05) is 6.54 Å². The van der Waals surface area contributed by atoms with Gasteiger partial charge in [-0.3, -0.25) is 4.68 Å². The standard InChI is InChI=1S/C12H23N3/c1-5-9-15-11(7-8-14-15)12(10(3)4)13-6-2/h7-8,10,12-13H,5-6,9H2,1-4H3. The van der Waals surface area contributed by atoms with Crippen molar-refractivity contribution in [2.24, 2.45) is 5.92 Å². The van der Waals surface area contributed by atoms with Crippen molar-refractivity contribution in [3.05, 3.63) is 18.0 Å². The molecule has 1 heterocycles. The van der Waals surface area contributed by atoms with Crippen molar-refractivity contribution in [1.82, 2.24) is 15.1 Å². The topological polar surface area (TPSA) is 29.9 Å². The zero-order valence-electron chi connectivity index (χ0n) is 10.3. The van der Waals surface area contributed by atoms with Crippen LogP contribution in [0.4, 0.5) is 0 Å². The molecule has 1 aromatic heterocycles. The molecule has 0 fully saturated rings. The van der Waals surface area contributed by atoms with E-state index in [4.69, 9.17) is 0 Å². The molecule has 1 unspecified atom stereocenters. The van der Waals surface area contributed by atoms with E-state index in [9.17, 15) is 0 Å². The lowest BCUT2D eigenvalue weighted by Crippen LogP contribution is -2.28. The average Bonchev–Trinajstić information content (AvgIpc) is 2.62. The predicted molar refractivity (Wildman–Crippen MR) is 63.8 cm³/mol. The van der Waals surface area contributed by atoms with Gasteiger partial charge in [0.1, 0.15) is 0 Å². The van der Waals surface area contributed by atoms with Gasteiger partial charge in [0, 0.05) is 12.7 Å². The Balaban J connectivity index is 2.84. The maximum atomic E-state index is 4.37. The van der Waals surface area contributed by atoms with E-state index in [-0.39, 0.29) is 0 Å². The Labute approximate surface area is 92.9 Å². The number of nitrogens with one attached hydrogen (secondary N) is 1. The van der Waals surface area contributed by atoms with Gasteiger partial charge >= 0.3 is 0 Å². The van der Waals surface area contributed by atoms with Crippen molar-refractivity contribution in [2.45, 2.75) is 46.7 Å². The van der Waals surface area contributed by atoms with Gasteiger partial charge in [0.15, 0.2) is 0 Å². The third-order valence-electron chi connectivity index (χ3n) is 2.59. The number of nitrogens with zero attached hydrogens (tertiary/aromatic N) is 2. The van der Waals surface area contributed by atoms with Crippen molar-refractivity contribution >= 4 is 0 Å². The van der Waals surface area contributed by atoms with Gasteiger partial charge in [-0.2, -0.15) is 5.10 Å². The maximum Gasteiger partial charge on any atom is 0.0556 e. The Kier molecular flexibility index (Phi) is 4.82. The number of hydrogen-bond donors (Lipinski definition) is 1. The highest BCUT2D eigenvalue weighted by molar-refractivity contribution is 5.08. The summed E-state index contributed by atoms with van der Waals surface area (Å²) in [7, 11) is 0. The van der Waals surface area contributed by atoms with E-state index in [1.54, 1.807) is 0 Å². The highest BCUT2D eigenvalue weighted by Gasteiger charge is 2.18. The molecule has 0 saturated carbocycles. The summed E-state index contributed by atoms with van der Waals surface area (Å²) in [5, 5.41) is 7.89. The molecule has 0 saturated heterocycles. The molecule has 1 N–H and O–H groups in total. The monoisotopic (exact) mass is 209 g/mol. The van der Waals surface area contributed by atoms with Crippen LogP contribution in [0, 0.1) is 5.92 Å². The first kappa shape index (κ1) is 12.2. The molecular formula is C12H23N3. The molecule has 0 spiro atoms. The van der Waals surface area contributed by atoms with Gasteiger partial charge in [-0.25, -0.2) is 0 Å². The minimum atomic E-state index is 0.420. The van der Waals surface area contributed by atoms with Crippen LogP contribution in [-0.4, -0.2) is 16.3 Å². The molecule has 86 valence electrons. The highest BCUT2D eigenvalue weighted by atomic mass is 15.3. The second-order valence-corrected chi connectivity index (χ2v) is 4.26. The van der Waals surface area contributed by atoms with Crippen LogP contribution in [0.1, 0.15) is 45.9 Å². The van der Waals surface area contributed by atoms with E-state index in [1.165, 1.54) is 5.69 Å². The summed E-state index contributed by atoms with van der Waals surface area (Å²) in [5.74, 6) is 0.595. The van der Waals surface area contributed by atoms with Gasteiger partial charge in [-0.05, 0) is 24.9 Å². The number of rotatable bonds is 6. The summed E-state index contributed by atoms with van der Waals surface area (Å²) >= 11 is 0. The average molecular weight is 209 g/mol. The van der Waals surface area contributed by atoms with Crippen LogP contribution in [0.2, 0.25) is 0 Å². The molecule has 0 aliphatic rings. The van der Waals surface area contributed by atoms with E-state index in [2.05, 4.69) is 48.9 Å². The zero-order chi connectivity index (χ0) is 11.3. The van der Waals surface area contributed by atoms with Gasteiger partial charge in [0.25, 0.3) is 0 Å². The normalized spacial score (nSPS) is 13.4. The summed E-state index contributed by atoms with van der Waals surface area (Å²) in [6, 6.07) is 2.55. The lowest BCUT2D eigenvalue weighted by Gasteiger charge is -2.22. The fourth-order valence-electron chi connectivity index (χ4n) is 1.91. The molecule has 1 rings (SSSR count). The Morgan fingerprint density at radius 1 is 1.40 bits per heavy atom. The number of aryl methyl sites for hydroxylation is 1. The van der Waals surface area contributed by atoms with Crippen molar-refractivity contribution in [1.29, 1.82) is 0 Å². The first-order valence-corrected chi connectivity index (χ1v) is 5.95. The van der Waals surface area contributed by atoms with E-state index >= 15 is 0 Å². The molecule has 0 amide bonds. The van der Waals surface area contributed by atoms with Gasteiger partial charge < -0.3 is 5.32 Å². The molecule has 0 bridgehead atoms. The molecule has 0 radical (unpaired) electrons. The van der Waals surface area contributed by atoms with Gasteiger partial charge in [-0.1, -0.05) is 27.7 Å². The minimum Gasteiger partial charge on any atom is -0.309 e. The molecule has 3 nitrogen and oxygen atoms in total. The highest BCUT2D eigenvalue weighted by Crippen LogP contribution is 2.21. The molecule has 1 aromatic rings. The summed E-state index contributed by atoms with van der Waals surface area (Å²) < 4.78 is 2.12. The first-order chi connectivity index (χ1) is 7.20. The molecule has 1 atom stereocenters. The van der Waals surface area contributed by atoms with E-state index in [0.29, 0.717) is 12.0 Å². The fourth-order valence-corrected chi connectivity index (χ4v) is 1.91. The third kappa shape index (κ3) is 3.06. The molecular weight excluding hydrogens is 186 g/mol. The van der Waals surface area contributed by atoms with E-state index in [1.807, 2.05) is 6.20 Å². The van der Waals surface area contributed by atoms with Crippen LogP contribution >= 0.6 is 0 Å². The quantitative estimate of drug-likeness (QED) is 0.780. The van der Waals surface area contributed by atoms with Gasteiger partial charge in [-0.15, -0.1) is 0 Å². The van der Waals surface area contributed by atoms with Crippen LogP contribution in [0.25, 0.3) is 0 Å². The summed E-state index contributed by atoms with van der Waals surface area (Å²) in [6.07, 6.45) is 3.03. The Hall–Kier alpha value is -0.830. The van der Waals surface area contributed by atoms with Crippen LogP contribution in [0.5, 0.6) is 0 Å². The lowest BCUT2D eigenvalue weighted by molar-refractivity contribution is 0.388. The van der Waals surface area contributed by atoms with Crippen molar-refractivity contribution < 1.29 is 0 Å². The Bertz CT molecular complexity index is 278. The fraction of sp³-hybridized carbons (Fsp3) is 0.750. The number of aromatic nitrogens is 2. The van der Waals surface area contributed by atoms with Crippen molar-refractivity contribution in [3.8, 4) is 0 Å². The maximum absolute atomic E-state index is 4.37. The smallest absolute Gasteiger partial charge is 0.0556 e. The Morgan fingerprint density at radius 2 is 2.13 bits per heavy atom. The van der Waals surface area contributed by atoms with Crippen LogP contribution < -0.4 is 5.32 Å². The van der Waals surface area contributed by atoms with Gasteiger partial charge in [0.05, 0.1) is 11.7 Å². The summed E-state index contributed by atoms with van der Waals surface area (Å²) in [4.78, 5) is 0. The summed E-state index contributed by atoms with van der Waals surface area (Å²) in [6.45, 7) is 10.8. The van der Waals surface area contributed by atoms with E-state index < -0.39 is 0 Å². The molecule has 0 aliphatic carbocycles. The van der Waals surface area contributed by atoms with Crippen molar-refractivity contribution in [3.63, 3.8) is 0 Å². The second-order valence-electron chi connectivity index (χ2n) is 4.26. The lowest BCUT2D eigenvalue weighted by atomic mass is 10.0. The largest absolute Gasteiger partial charge is 0.309 e. The minimum absolute atomic E-state index is 0.420. The number of hydrogen-bond acceptors (Lipinski definition) is 2. The second kappa shape index (κ2) is 5.91. The van der Waals surface area contributed by atoms with Crippen LogP contribution in [0.15, 0.2) is 12.3 Å². The first-order valence-electron chi connectivity index (χ1n) is 5.95. The molecule has 15 heavy (non-hydrogen) atoms. The van der Waals surface area contributed by atoms with Crippen LogP contribution in [0.3, 0.4) is 0 Å². The molecule has 0 aromatic carbocycles. The van der Waals surface area contributed by atoms with Crippen LogP contribution in [-0.2, 0) is 6.54 Å². The zero-order valence-corrected chi connectivity index (χ0v) is 10.3. The molecule has 0 aliphatic heterocycles. The van der Waals surface area contributed by atoms with Gasteiger partial charge in [0.2, 0.25) is 0 Å². The van der Waals surface area contributed by atoms with E-state index in [0.717, 1.165) is 19.5 Å². The third-order valence-corrected chi connectivity index (χ3v) is 2.59. The molecule has 3 heteroatoms. The Morgan fingerprint density at radius 3 is 2.67 bits per heavy atom.